The van der Waals surface area contributed by atoms with E-state index in [9.17, 15) is 5.11 Å². The molecule has 1 aliphatic carbocycles. The van der Waals surface area contributed by atoms with E-state index in [-0.39, 0.29) is 6.10 Å². The normalized spacial score (nSPS) is 21.4. The highest BCUT2D eigenvalue weighted by molar-refractivity contribution is 5.29. The van der Waals surface area contributed by atoms with Crippen molar-refractivity contribution < 1.29 is 5.11 Å². The summed E-state index contributed by atoms with van der Waals surface area (Å²) in [7, 11) is 0. The van der Waals surface area contributed by atoms with E-state index >= 15 is 0 Å². The second kappa shape index (κ2) is 3.39. The molecule has 0 aliphatic heterocycles. The van der Waals surface area contributed by atoms with E-state index in [0.717, 1.165) is 25.0 Å². The van der Waals surface area contributed by atoms with Gasteiger partial charge >= 0.3 is 0 Å². The van der Waals surface area contributed by atoms with Crippen LogP contribution in [0.25, 0.3) is 0 Å². The van der Waals surface area contributed by atoms with Gasteiger partial charge in [0.1, 0.15) is 0 Å². The third-order valence-corrected chi connectivity index (χ3v) is 2.97. The Morgan fingerprint density at radius 3 is 2.86 bits per heavy atom. The number of rotatable bonds is 1. The Morgan fingerprint density at radius 1 is 1.50 bits per heavy atom. The largest absolute Gasteiger partial charge is 0.393 e. The predicted molar refractivity (Wildman–Crippen MR) is 55.4 cm³/mol. The van der Waals surface area contributed by atoms with E-state index in [1.165, 1.54) is 11.3 Å². The van der Waals surface area contributed by atoms with Crippen LogP contribution in [0.1, 0.15) is 43.3 Å². The Kier molecular flexibility index (Phi) is 2.35. The third kappa shape index (κ3) is 1.46. The molecule has 1 atom stereocenters. The first kappa shape index (κ1) is 9.71. The summed E-state index contributed by atoms with van der Waals surface area (Å²) in [4.78, 5) is 0. The average molecular weight is 194 g/mol. The van der Waals surface area contributed by atoms with Gasteiger partial charge in [0, 0.05) is 18.2 Å². The second-order valence-corrected chi connectivity index (χ2v) is 4.45. The van der Waals surface area contributed by atoms with E-state index < -0.39 is 0 Å². The predicted octanol–water partition coefficient (Wildman–Crippen LogP) is 1.62. The molecule has 3 nitrogen and oxygen atoms in total. The zero-order valence-corrected chi connectivity index (χ0v) is 9.12. The quantitative estimate of drug-likeness (QED) is 0.737. The van der Waals surface area contributed by atoms with Gasteiger partial charge in [-0.15, -0.1) is 0 Å². The highest BCUT2D eigenvalue weighted by Gasteiger charge is 2.24. The third-order valence-electron chi connectivity index (χ3n) is 2.97. The number of aliphatic hydroxyl groups is 1. The molecule has 1 aliphatic rings. The van der Waals surface area contributed by atoms with Crippen LogP contribution in [-0.2, 0) is 12.8 Å². The second-order valence-electron chi connectivity index (χ2n) is 4.45. The van der Waals surface area contributed by atoms with Crippen molar-refractivity contribution in [3.05, 3.63) is 17.0 Å². The lowest BCUT2D eigenvalue weighted by Gasteiger charge is -2.20. The van der Waals surface area contributed by atoms with E-state index in [0.29, 0.717) is 6.04 Å². The van der Waals surface area contributed by atoms with Crippen molar-refractivity contribution in [3.8, 4) is 0 Å². The Morgan fingerprint density at radius 2 is 2.21 bits per heavy atom. The minimum Gasteiger partial charge on any atom is -0.393 e. The number of hydrogen-bond donors (Lipinski definition) is 1. The van der Waals surface area contributed by atoms with Gasteiger partial charge in [-0.25, -0.2) is 0 Å². The summed E-state index contributed by atoms with van der Waals surface area (Å²) >= 11 is 0. The van der Waals surface area contributed by atoms with Crippen LogP contribution in [0.3, 0.4) is 0 Å². The molecule has 0 aromatic carbocycles. The van der Waals surface area contributed by atoms with Crippen LogP contribution in [0.5, 0.6) is 0 Å². The van der Waals surface area contributed by atoms with Gasteiger partial charge in [0.05, 0.1) is 11.8 Å². The molecule has 0 radical (unpaired) electrons. The van der Waals surface area contributed by atoms with Crippen LogP contribution in [0.2, 0.25) is 0 Å². The number of aromatic nitrogens is 2. The minimum absolute atomic E-state index is 0.170. The summed E-state index contributed by atoms with van der Waals surface area (Å²) in [5.74, 6) is 0. The Bertz CT molecular complexity index is 341. The lowest BCUT2D eigenvalue weighted by atomic mass is 9.93. The fraction of sp³-hybridized carbons (Fsp3) is 0.727. The molecule has 78 valence electrons. The van der Waals surface area contributed by atoms with Gasteiger partial charge in [0.15, 0.2) is 0 Å². The lowest BCUT2D eigenvalue weighted by molar-refractivity contribution is 0.155. The number of nitrogens with zero attached hydrogens (tertiary/aromatic N) is 2. The molecular weight excluding hydrogens is 176 g/mol. The van der Waals surface area contributed by atoms with Crippen molar-refractivity contribution in [2.24, 2.45) is 0 Å². The van der Waals surface area contributed by atoms with Crippen LogP contribution < -0.4 is 0 Å². The fourth-order valence-electron chi connectivity index (χ4n) is 2.23. The maximum atomic E-state index is 9.63. The Hall–Kier alpha value is -0.830. The summed E-state index contributed by atoms with van der Waals surface area (Å²) in [5.41, 5.74) is 3.75. The zero-order chi connectivity index (χ0) is 10.3. The van der Waals surface area contributed by atoms with Gasteiger partial charge in [-0.05, 0) is 39.2 Å². The minimum atomic E-state index is -0.170. The molecule has 1 aromatic rings. The molecule has 1 aromatic heterocycles. The van der Waals surface area contributed by atoms with Gasteiger partial charge in [-0.1, -0.05) is 0 Å². The van der Waals surface area contributed by atoms with Gasteiger partial charge in [0.2, 0.25) is 0 Å². The van der Waals surface area contributed by atoms with Gasteiger partial charge in [0.25, 0.3) is 0 Å². The summed E-state index contributed by atoms with van der Waals surface area (Å²) < 4.78 is 2.06. The molecule has 3 heteroatoms. The molecule has 0 bridgehead atoms. The average Bonchev–Trinajstić information content (AvgIpc) is 2.43. The van der Waals surface area contributed by atoms with Crippen molar-refractivity contribution in [1.82, 2.24) is 9.78 Å². The van der Waals surface area contributed by atoms with Crippen LogP contribution >= 0.6 is 0 Å². The smallest absolute Gasteiger partial charge is 0.0628 e. The van der Waals surface area contributed by atoms with Crippen LogP contribution in [0.4, 0.5) is 0 Å². The number of fused-ring (bicyclic) bond motifs is 1. The topological polar surface area (TPSA) is 38.0 Å². The number of hydrogen-bond acceptors (Lipinski definition) is 2. The van der Waals surface area contributed by atoms with Crippen molar-refractivity contribution in [1.29, 1.82) is 0 Å². The van der Waals surface area contributed by atoms with Crippen molar-refractivity contribution >= 4 is 0 Å². The first-order valence-electron chi connectivity index (χ1n) is 5.34. The fourth-order valence-corrected chi connectivity index (χ4v) is 2.23. The zero-order valence-electron chi connectivity index (χ0n) is 9.12. The van der Waals surface area contributed by atoms with E-state index in [1.54, 1.807) is 0 Å². The molecule has 0 fully saturated rings. The summed E-state index contributed by atoms with van der Waals surface area (Å²) in [5, 5.41) is 14.2. The van der Waals surface area contributed by atoms with Crippen LogP contribution in [-0.4, -0.2) is 21.0 Å². The van der Waals surface area contributed by atoms with E-state index in [4.69, 9.17) is 0 Å². The van der Waals surface area contributed by atoms with Crippen molar-refractivity contribution in [3.63, 3.8) is 0 Å². The van der Waals surface area contributed by atoms with Crippen molar-refractivity contribution in [2.45, 2.75) is 52.2 Å². The molecule has 1 unspecified atom stereocenters. The molecule has 1 N–H and O–H groups in total. The summed E-state index contributed by atoms with van der Waals surface area (Å²) in [6.07, 6.45) is 2.47. The van der Waals surface area contributed by atoms with E-state index in [1.807, 2.05) is 0 Å². The molecule has 0 spiro atoms. The maximum Gasteiger partial charge on any atom is 0.0628 e. The van der Waals surface area contributed by atoms with Gasteiger partial charge in [-0.3, -0.25) is 4.68 Å². The summed E-state index contributed by atoms with van der Waals surface area (Å²) in [6.45, 7) is 6.33. The van der Waals surface area contributed by atoms with Gasteiger partial charge < -0.3 is 5.11 Å². The first-order valence-corrected chi connectivity index (χ1v) is 5.34. The van der Waals surface area contributed by atoms with Gasteiger partial charge in [-0.2, -0.15) is 5.10 Å². The number of aliphatic hydroxyl groups excluding tert-OH is 1. The Labute approximate surface area is 84.7 Å². The number of aryl methyl sites for hydroxylation is 1. The SMILES string of the molecule is Cc1nn(C(C)C)c2c1CCC(O)C2. The van der Waals surface area contributed by atoms with Crippen LogP contribution in [0, 0.1) is 6.92 Å². The summed E-state index contributed by atoms with van der Waals surface area (Å²) in [6, 6.07) is 0.391. The lowest BCUT2D eigenvalue weighted by Crippen LogP contribution is -2.21. The Balaban J connectivity index is 2.45. The molecule has 14 heavy (non-hydrogen) atoms. The maximum absolute atomic E-state index is 9.63. The molecular formula is C11H18N2O. The van der Waals surface area contributed by atoms with E-state index in [2.05, 4.69) is 30.6 Å². The molecule has 0 saturated heterocycles. The standard InChI is InChI=1S/C11H18N2O/c1-7(2)13-11-6-9(14)4-5-10(11)8(3)12-13/h7,9,14H,4-6H2,1-3H3. The molecule has 2 rings (SSSR count). The molecule has 0 saturated carbocycles. The van der Waals surface area contributed by atoms with Crippen LogP contribution in [0.15, 0.2) is 0 Å². The highest BCUT2D eigenvalue weighted by atomic mass is 16.3. The molecule has 0 amide bonds. The molecule has 1 heterocycles. The monoisotopic (exact) mass is 194 g/mol. The first-order chi connectivity index (χ1) is 6.59. The highest BCUT2D eigenvalue weighted by Crippen LogP contribution is 2.26. The van der Waals surface area contributed by atoms with Crippen molar-refractivity contribution in [2.75, 3.05) is 0 Å².